The van der Waals surface area contributed by atoms with E-state index in [1.807, 2.05) is 13.0 Å². The van der Waals surface area contributed by atoms with Gasteiger partial charge in [0.25, 0.3) is 0 Å². The van der Waals surface area contributed by atoms with Crippen molar-refractivity contribution in [2.75, 3.05) is 0 Å². The third kappa shape index (κ3) is 2.28. The summed E-state index contributed by atoms with van der Waals surface area (Å²) in [5.74, 6) is 2.44. The van der Waals surface area contributed by atoms with Crippen LogP contribution in [0.4, 0.5) is 0 Å². The fourth-order valence-corrected chi connectivity index (χ4v) is 2.77. The van der Waals surface area contributed by atoms with Gasteiger partial charge in [-0.15, -0.1) is 10.2 Å². The first-order chi connectivity index (χ1) is 8.78. The number of rotatable bonds is 5. The third-order valence-electron chi connectivity index (χ3n) is 2.86. The molecule has 0 radical (unpaired) electrons. The lowest BCUT2D eigenvalue weighted by atomic mass is 10.4. The Kier molecular flexibility index (Phi) is 3.09. The highest BCUT2D eigenvalue weighted by atomic mass is 32.2. The van der Waals surface area contributed by atoms with Crippen LogP contribution >= 0.6 is 11.8 Å². The molecule has 0 atom stereocenters. The molecule has 3 rings (SSSR count). The highest BCUT2D eigenvalue weighted by molar-refractivity contribution is 7.98. The van der Waals surface area contributed by atoms with E-state index in [1.165, 1.54) is 12.8 Å². The summed E-state index contributed by atoms with van der Waals surface area (Å²) < 4.78 is 7.21. The fourth-order valence-electron chi connectivity index (χ4n) is 1.87. The average Bonchev–Trinajstić information content (AvgIpc) is 2.99. The van der Waals surface area contributed by atoms with Gasteiger partial charge in [-0.1, -0.05) is 16.9 Å². The molecule has 2 aromatic heterocycles. The predicted molar refractivity (Wildman–Crippen MR) is 67.0 cm³/mol. The van der Waals surface area contributed by atoms with Crippen LogP contribution in [0.2, 0.25) is 0 Å². The highest BCUT2D eigenvalue weighted by Gasteiger charge is 2.29. The maximum absolute atomic E-state index is 5.68. The summed E-state index contributed by atoms with van der Waals surface area (Å²) in [5, 5.41) is 13.2. The molecule has 0 aliphatic heterocycles. The van der Waals surface area contributed by atoms with E-state index < -0.39 is 0 Å². The second-order valence-electron chi connectivity index (χ2n) is 4.42. The molecule has 0 aromatic carbocycles. The second-order valence-corrected chi connectivity index (χ2v) is 5.36. The quantitative estimate of drug-likeness (QED) is 0.828. The minimum atomic E-state index is 0.438. The van der Waals surface area contributed by atoms with Crippen molar-refractivity contribution >= 4 is 11.8 Å². The Morgan fingerprint density at radius 1 is 1.50 bits per heavy atom. The van der Waals surface area contributed by atoms with E-state index in [0.29, 0.717) is 12.6 Å². The smallest absolute Gasteiger partial charge is 0.191 e. The van der Waals surface area contributed by atoms with Gasteiger partial charge in [0.05, 0.1) is 12.2 Å². The number of aryl methyl sites for hydroxylation is 1. The minimum Gasteiger partial charge on any atom is -0.361 e. The van der Waals surface area contributed by atoms with E-state index in [1.54, 1.807) is 11.8 Å². The molecule has 96 valence electrons. The number of aromatic nitrogens is 4. The number of nitrogens with zero attached hydrogens (tertiary/aromatic N) is 4. The number of hydrogen-bond acceptors (Lipinski definition) is 6. The van der Waals surface area contributed by atoms with Gasteiger partial charge in [0.1, 0.15) is 11.6 Å². The van der Waals surface area contributed by atoms with Crippen molar-refractivity contribution in [2.24, 2.45) is 5.73 Å². The van der Waals surface area contributed by atoms with Crippen LogP contribution in [0.1, 0.15) is 36.2 Å². The molecule has 2 N–H and O–H groups in total. The topological polar surface area (TPSA) is 82.8 Å². The van der Waals surface area contributed by atoms with Crippen molar-refractivity contribution in [3.8, 4) is 0 Å². The van der Waals surface area contributed by atoms with Crippen molar-refractivity contribution < 1.29 is 4.52 Å². The molecule has 1 saturated carbocycles. The number of hydrogen-bond donors (Lipinski definition) is 1. The average molecular weight is 265 g/mol. The monoisotopic (exact) mass is 265 g/mol. The van der Waals surface area contributed by atoms with E-state index >= 15 is 0 Å². The van der Waals surface area contributed by atoms with Crippen LogP contribution < -0.4 is 5.73 Å². The molecule has 0 saturated heterocycles. The summed E-state index contributed by atoms with van der Waals surface area (Å²) in [6.45, 7) is 2.33. The second kappa shape index (κ2) is 4.74. The molecule has 1 aliphatic rings. The molecule has 0 spiro atoms. The maximum Gasteiger partial charge on any atom is 0.191 e. The Balaban J connectivity index is 1.74. The van der Waals surface area contributed by atoms with Crippen molar-refractivity contribution in [3.63, 3.8) is 0 Å². The summed E-state index contributed by atoms with van der Waals surface area (Å²) >= 11 is 1.63. The lowest BCUT2D eigenvalue weighted by molar-refractivity contribution is 0.393. The molecule has 2 aromatic rings. The lowest BCUT2D eigenvalue weighted by Crippen LogP contribution is -2.08. The van der Waals surface area contributed by atoms with Gasteiger partial charge in [0.2, 0.25) is 0 Å². The van der Waals surface area contributed by atoms with Gasteiger partial charge in [-0.25, -0.2) is 0 Å². The zero-order chi connectivity index (χ0) is 12.5. The first-order valence-electron chi connectivity index (χ1n) is 5.96. The fraction of sp³-hybridized carbons (Fsp3) is 0.545. The van der Waals surface area contributed by atoms with Gasteiger partial charge in [-0.3, -0.25) is 0 Å². The molecule has 1 fully saturated rings. The highest BCUT2D eigenvalue weighted by Crippen LogP contribution is 2.39. The van der Waals surface area contributed by atoms with Crippen molar-refractivity contribution in [3.05, 3.63) is 23.3 Å². The largest absolute Gasteiger partial charge is 0.361 e. The summed E-state index contributed by atoms with van der Waals surface area (Å²) in [5.41, 5.74) is 6.61. The Morgan fingerprint density at radius 2 is 2.33 bits per heavy atom. The third-order valence-corrected chi connectivity index (χ3v) is 3.83. The predicted octanol–water partition coefficient (Wildman–Crippen LogP) is 1.66. The number of thioether (sulfide) groups is 1. The summed E-state index contributed by atoms with van der Waals surface area (Å²) in [6, 6.07) is 2.48. The van der Waals surface area contributed by atoms with Gasteiger partial charge in [0.15, 0.2) is 5.16 Å². The molecule has 1 aliphatic carbocycles. The summed E-state index contributed by atoms with van der Waals surface area (Å²) in [4.78, 5) is 0. The molecule has 0 unspecified atom stereocenters. The van der Waals surface area contributed by atoms with Crippen LogP contribution in [-0.4, -0.2) is 19.9 Å². The van der Waals surface area contributed by atoms with E-state index in [4.69, 9.17) is 10.3 Å². The van der Waals surface area contributed by atoms with Crippen molar-refractivity contribution in [1.82, 2.24) is 19.9 Å². The van der Waals surface area contributed by atoms with Gasteiger partial charge >= 0.3 is 0 Å². The normalized spacial score (nSPS) is 15.2. The standard InChI is InChI=1S/C11H15N5OS/c1-7-4-8(15-17-7)6-18-11-14-13-10(5-12)16(11)9-2-3-9/h4,9H,2-3,5-6,12H2,1H3. The number of nitrogens with two attached hydrogens (primary N) is 1. The van der Waals surface area contributed by atoms with Gasteiger partial charge < -0.3 is 14.8 Å². The lowest BCUT2D eigenvalue weighted by Gasteiger charge is -2.06. The van der Waals surface area contributed by atoms with E-state index in [0.717, 1.165) is 28.2 Å². The molecule has 7 heteroatoms. The van der Waals surface area contributed by atoms with Crippen LogP contribution in [0.5, 0.6) is 0 Å². The molecular weight excluding hydrogens is 250 g/mol. The molecule has 0 amide bonds. The Morgan fingerprint density at radius 3 is 2.94 bits per heavy atom. The zero-order valence-corrected chi connectivity index (χ0v) is 11.0. The van der Waals surface area contributed by atoms with Crippen LogP contribution in [0.15, 0.2) is 15.7 Å². The maximum atomic E-state index is 5.68. The zero-order valence-electron chi connectivity index (χ0n) is 10.2. The SMILES string of the molecule is Cc1cc(CSc2nnc(CN)n2C2CC2)no1. The Hall–Kier alpha value is -1.34. The van der Waals surface area contributed by atoms with Crippen molar-refractivity contribution in [1.29, 1.82) is 0 Å². The molecule has 18 heavy (non-hydrogen) atoms. The molecule has 2 heterocycles. The van der Waals surface area contributed by atoms with Crippen molar-refractivity contribution in [2.45, 2.75) is 43.3 Å². The van der Waals surface area contributed by atoms with Gasteiger partial charge in [-0.05, 0) is 19.8 Å². The molecular formula is C11H15N5OS. The Bertz CT molecular complexity index is 545. The van der Waals surface area contributed by atoms with Gasteiger partial charge in [0, 0.05) is 17.9 Å². The summed E-state index contributed by atoms with van der Waals surface area (Å²) in [7, 11) is 0. The van der Waals surface area contributed by atoms with E-state index in [-0.39, 0.29) is 0 Å². The first-order valence-corrected chi connectivity index (χ1v) is 6.95. The van der Waals surface area contributed by atoms with E-state index in [9.17, 15) is 0 Å². The van der Waals surface area contributed by atoms with E-state index in [2.05, 4.69) is 19.9 Å². The summed E-state index contributed by atoms with van der Waals surface area (Å²) in [6.07, 6.45) is 2.39. The minimum absolute atomic E-state index is 0.438. The van der Waals surface area contributed by atoms with Crippen LogP contribution in [0.3, 0.4) is 0 Å². The van der Waals surface area contributed by atoms with Crippen LogP contribution in [0, 0.1) is 6.92 Å². The Labute approximate surface area is 109 Å². The molecule has 0 bridgehead atoms. The van der Waals surface area contributed by atoms with Gasteiger partial charge in [-0.2, -0.15) is 0 Å². The molecule has 6 nitrogen and oxygen atoms in total. The van der Waals surface area contributed by atoms with Crippen LogP contribution in [-0.2, 0) is 12.3 Å². The van der Waals surface area contributed by atoms with Crippen LogP contribution in [0.25, 0.3) is 0 Å². The first kappa shape index (κ1) is 11.7.